The highest BCUT2D eigenvalue weighted by Gasteiger charge is 2.33. The lowest BCUT2D eigenvalue weighted by Crippen LogP contribution is -2.30. The van der Waals surface area contributed by atoms with Crippen molar-refractivity contribution in [2.24, 2.45) is 7.05 Å². The van der Waals surface area contributed by atoms with Crippen LogP contribution in [0.4, 0.5) is 0 Å². The number of hydrogen-bond donors (Lipinski definition) is 1. The van der Waals surface area contributed by atoms with Crippen LogP contribution in [-0.2, 0) is 7.05 Å². The van der Waals surface area contributed by atoms with Crippen LogP contribution < -0.4 is 0 Å². The molecule has 1 aliphatic heterocycles. The van der Waals surface area contributed by atoms with Gasteiger partial charge in [0.05, 0.1) is 17.8 Å². The Morgan fingerprint density at radius 2 is 2.23 bits per heavy atom. The number of carbonyl (C=O) groups is 1. The van der Waals surface area contributed by atoms with Crippen LogP contribution in [0.1, 0.15) is 34.9 Å². The van der Waals surface area contributed by atoms with E-state index in [1.54, 1.807) is 4.68 Å². The normalized spacial score (nSPS) is 18.2. The molecule has 1 amide bonds. The van der Waals surface area contributed by atoms with Crippen molar-refractivity contribution in [3.8, 4) is 0 Å². The predicted octanol–water partition coefficient (Wildman–Crippen LogP) is 2.27. The molecule has 0 unspecified atom stereocenters. The average molecular weight is 295 g/mol. The number of fused-ring (bicyclic) bond motifs is 1. The van der Waals surface area contributed by atoms with Crippen molar-refractivity contribution in [2.75, 3.05) is 6.54 Å². The molecule has 1 atom stereocenters. The summed E-state index contributed by atoms with van der Waals surface area (Å²) in [5.41, 5.74) is 2.49. The zero-order valence-electron chi connectivity index (χ0n) is 12.4. The molecule has 1 aliphatic rings. The molecule has 0 saturated carbocycles. The first-order valence-corrected chi connectivity index (χ1v) is 7.46. The van der Waals surface area contributed by atoms with Crippen LogP contribution >= 0.6 is 0 Å². The van der Waals surface area contributed by atoms with Crippen LogP contribution in [-0.4, -0.2) is 37.3 Å². The smallest absolute Gasteiger partial charge is 0.275 e. The fraction of sp³-hybridized carbons (Fsp3) is 0.312. The van der Waals surface area contributed by atoms with Gasteiger partial charge in [-0.15, -0.1) is 0 Å². The fourth-order valence-electron chi connectivity index (χ4n) is 3.23. The number of aromatic amines is 1. The highest BCUT2D eigenvalue weighted by molar-refractivity contribution is 6.04. The topological polar surface area (TPSA) is 66.8 Å². The molecule has 3 aromatic rings. The molecule has 1 aromatic carbocycles. The third-order valence-corrected chi connectivity index (χ3v) is 4.30. The molecule has 1 N–H and O–H groups in total. The zero-order chi connectivity index (χ0) is 15.1. The Morgan fingerprint density at radius 3 is 3.05 bits per heavy atom. The van der Waals surface area contributed by atoms with Gasteiger partial charge in [0.1, 0.15) is 0 Å². The van der Waals surface area contributed by atoms with Crippen LogP contribution in [0.5, 0.6) is 0 Å². The molecule has 1 fully saturated rings. The highest BCUT2D eigenvalue weighted by Crippen LogP contribution is 2.33. The van der Waals surface area contributed by atoms with Crippen molar-refractivity contribution >= 4 is 16.8 Å². The van der Waals surface area contributed by atoms with E-state index in [9.17, 15) is 4.79 Å². The molecule has 112 valence electrons. The largest absolute Gasteiger partial charge is 0.330 e. The number of hydrogen-bond acceptors (Lipinski definition) is 3. The molecule has 0 radical (unpaired) electrons. The molecule has 4 rings (SSSR count). The average Bonchev–Trinajstić information content (AvgIpc) is 3.25. The fourth-order valence-corrected chi connectivity index (χ4v) is 3.23. The quantitative estimate of drug-likeness (QED) is 0.788. The lowest BCUT2D eigenvalue weighted by Gasteiger charge is -2.23. The molecule has 6 nitrogen and oxygen atoms in total. The highest BCUT2D eigenvalue weighted by atomic mass is 16.2. The number of H-pyrrole nitrogens is 1. The van der Waals surface area contributed by atoms with Gasteiger partial charge in [-0.1, -0.05) is 18.2 Å². The SMILES string of the molecule is Cn1cc([C@@H]2CCCN2C(=O)c2n[nH]c3ccccc23)cn1. The Labute approximate surface area is 127 Å². The monoisotopic (exact) mass is 295 g/mol. The van der Waals surface area contributed by atoms with E-state index in [-0.39, 0.29) is 11.9 Å². The molecule has 1 saturated heterocycles. The van der Waals surface area contributed by atoms with E-state index < -0.39 is 0 Å². The zero-order valence-corrected chi connectivity index (χ0v) is 12.4. The van der Waals surface area contributed by atoms with Gasteiger partial charge in [-0.05, 0) is 18.9 Å². The molecular weight excluding hydrogens is 278 g/mol. The van der Waals surface area contributed by atoms with E-state index in [1.165, 1.54) is 0 Å². The Morgan fingerprint density at radius 1 is 1.36 bits per heavy atom. The second-order valence-electron chi connectivity index (χ2n) is 5.72. The summed E-state index contributed by atoms with van der Waals surface area (Å²) in [6.45, 7) is 0.763. The maximum atomic E-state index is 12.9. The number of aromatic nitrogens is 4. The number of aryl methyl sites for hydroxylation is 1. The summed E-state index contributed by atoms with van der Waals surface area (Å²) in [7, 11) is 1.89. The van der Waals surface area contributed by atoms with E-state index >= 15 is 0 Å². The van der Waals surface area contributed by atoms with E-state index in [0.717, 1.165) is 35.9 Å². The van der Waals surface area contributed by atoms with Crippen LogP contribution in [0, 0.1) is 0 Å². The Bertz CT molecular complexity index is 834. The summed E-state index contributed by atoms with van der Waals surface area (Å²) in [6, 6.07) is 7.82. The first-order chi connectivity index (χ1) is 10.7. The second-order valence-corrected chi connectivity index (χ2v) is 5.72. The summed E-state index contributed by atoms with van der Waals surface area (Å²) in [6.07, 6.45) is 5.81. The Hall–Kier alpha value is -2.63. The lowest BCUT2D eigenvalue weighted by molar-refractivity contribution is 0.0731. The van der Waals surface area contributed by atoms with Gasteiger partial charge in [-0.25, -0.2) is 0 Å². The molecule has 0 bridgehead atoms. The maximum Gasteiger partial charge on any atom is 0.275 e. The minimum absolute atomic E-state index is 0.0104. The van der Waals surface area contributed by atoms with Gasteiger partial charge in [0.15, 0.2) is 5.69 Å². The summed E-state index contributed by atoms with van der Waals surface area (Å²) >= 11 is 0. The molecule has 2 aromatic heterocycles. The molecule has 0 aliphatic carbocycles. The standard InChI is InChI=1S/C16H17N5O/c1-20-10-11(9-17-20)14-7-4-8-21(14)16(22)15-12-5-2-3-6-13(12)18-19-15/h2-3,5-6,9-10,14H,4,7-8H2,1H3,(H,18,19)/t14-/m0/s1. The van der Waals surface area contributed by atoms with Gasteiger partial charge in [-0.3, -0.25) is 14.6 Å². The molecular formula is C16H17N5O. The minimum Gasteiger partial charge on any atom is -0.330 e. The first kappa shape index (κ1) is 13.1. The molecule has 0 spiro atoms. The van der Waals surface area contributed by atoms with E-state index in [1.807, 2.05) is 48.6 Å². The Balaban J connectivity index is 1.69. The van der Waals surface area contributed by atoms with E-state index in [4.69, 9.17) is 0 Å². The van der Waals surface area contributed by atoms with Gasteiger partial charge in [0.2, 0.25) is 0 Å². The number of para-hydroxylation sites is 1. The van der Waals surface area contributed by atoms with Crippen LogP contribution in [0.15, 0.2) is 36.7 Å². The third kappa shape index (κ3) is 1.99. The number of benzene rings is 1. The minimum atomic E-state index is -0.0104. The summed E-state index contributed by atoms with van der Waals surface area (Å²) in [4.78, 5) is 14.8. The summed E-state index contributed by atoms with van der Waals surface area (Å²) in [5.74, 6) is -0.0104. The number of rotatable bonds is 2. The lowest BCUT2D eigenvalue weighted by atomic mass is 10.1. The van der Waals surface area contributed by atoms with Crippen LogP contribution in [0.25, 0.3) is 10.9 Å². The second kappa shape index (κ2) is 4.98. The van der Waals surface area contributed by atoms with Gasteiger partial charge in [-0.2, -0.15) is 10.2 Å². The van der Waals surface area contributed by atoms with E-state index in [0.29, 0.717) is 5.69 Å². The van der Waals surface area contributed by atoms with Crippen molar-refractivity contribution in [2.45, 2.75) is 18.9 Å². The van der Waals surface area contributed by atoms with Crippen molar-refractivity contribution in [3.05, 3.63) is 47.9 Å². The predicted molar refractivity (Wildman–Crippen MR) is 82.3 cm³/mol. The number of amides is 1. The maximum absolute atomic E-state index is 12.9. The number of likely N-dealkylation sites (tertiary alicyclic amines) is 1. The third-order valence-electron chi connectivity index (χ3n) is 4.30. The van der Waals surface area contributed by atoms with Crippen LogP contribution in [0.2, 0.25) is 0 Å². The number of nitrogens with zero attached hydrogens (tertiary/aromatic N) is 4. The van der Waals surface area contributed by atoms with Crippen molar-refractivity contribution in [1.82, 2.24) is 24.9 Å². The first-order valence-electron chi connectivity index (χ1n) is 7.46. The molecule has 6 heteroatoms. The van der Waals surface area contributed by atoms with Crippen molar-refractivity contribution in [1.29, 1.82) is 0 Å². The Kier molecular flexibility index (Phi) is 2.96. The summed E-state index contributed by atoms with van der Waals surface area (Å²) in [5, 5.41) is 12.3. The molecule has 22 heavy (non-hydrogen) atoms. The summed E-state index contributed by atoms with van der Waals surface area (Å²) < 4.78 is 1.78. The van der Waals surface area contributed by atoms with Gasteiger partial charge >= 0.3 is 0 Å². The van der Waals surface area contributed by atoms with Crippen molar-refractivity contribution in [3.63, 3.8) is 0 Å². The van der Waals surface area contributed by atoms with Crippen molar-refractivity contribution < 1.29 is 4.79 Å². The van der Waals surface area contributed by atoms with E-state index in [2.05, 4.69) is 15.3 Å². The van der Waals surface area contributed by atoms with Gasteiger partial charge < -0.3 is 4.90 Å². The number of nitrogens with one attached hydrogen (secondary N) is 1. The van der Waals surface area contributed by atoms with Gasteiger partial charge in [0.25, 0.3) is 5.91 Å². The van der Waals surface area contributed by atoms with Crippen LogP contribution in [0.3, 0.4) is 0 Å². The molecule has 3 heterocycles. The number of carbonyl (C=O) groups excluding carboxylic acids is 1. The van der Waals surface area contributed by atoms with Gasteiger partial charge in [0, 0.05) is 30.7 Å².